The number of allylic oxidation sites excluding steroid dienone is 9. The SMILES string of the molecule is C=C(N=C1C(/C=C\C)=C(CC)C=C/C1=C(/C)c1cccc(-c2cccc(C(=C)N=C(/C(C)=C(\N)c3ccccc3C)c3ccccc3)c2)c1)c1ccccc1. The lowest BCUT2D eigenvalue weighted by atomic mass is 9.85. The predicted molar refractivity (Wildman–Crippen MR) is 239 cm³/mol. The van der Waals surface area contributed by atoms with Gasteiger partial charge in [0.2, 0.25) is 0 Å². The molecule has 272 valence electrons. The summed E-state index contributed by atoms with van der Waals surface area (Å²) in [6, 6.07) is 45.7. The van der Waals surface area contributed by atoms with Crippen LogP contribution in [0.3, 0.4) is 0 Å². The van der Waals surface area contributed by atoms with Gasteiger partial charge >= 0.3 is 0 Å². The summed E-state index contributed by atoms with van der Waals surface area (Å²) in [7, 11) is 0. The lowest BCUT2D eigenvalue weighted by Gasteiger charge is -2.21. The van der Waals surface area contributed by atoms with E-state index < -0.39 is 0 Å². The van der Waals surface area contributed by atoms with Crippen LogP contribution in [0, 0.1) is 6.92 Å². The number of benzene rings is 5. The Labute approximate surface area is 327 Å². The van der Waals surface area contributed by atoms with Gasteiger partial charge in [-0.3, -0.25) is 0 Å². The third kappa shape index (κ3) is 8.64. The molecule has 0 amide bonds. The molecule has 55 heavy (non-hydrogen) atoms. The lowest BCUT2D eigenvalue weighted by Crippen LogP contribution is -2.12. The van der Waals surface area contributed by atoms with E-state index in [1.54, 1.807) is 0 Å². The average Bonchev–Trinajstić information content (AvgIpc) is 3.23. The van der Waals surface area contributed by atoms with E-state index in [1.807, 2.05) is 55.5 Å². The number of hydrogen-bond acceptors (Lipinski definition) is 3. The number of aliphatic imine (C=N–C) groups is 2. The van der Waals surface area contributed by atoms with Crippen LogP contribution in [0.5, 0.6) is 0 Å². The summed E-state index contributed by atoms with van der Waals surface area (Å²) in [5, 5.41) is 0. The number of nitrogens with two attached hydrogens (primary N) is 1. The molecular weight excluding hydrogens is 667 g/mol. The van der Waals surface area contributed by atoms with Crippen LogP contribution < -0.4 is 5.73 Å². The van der Waals surface area contributed by atoms with Crippen molar-refractivity contribution in [1.29, 1.82) is 0 Å². The van der Waals surface area contributed by atoms with Gasteiger partial charge in [0.15, 0.2) is 0 Å². The first kappa shape index (κ1) is 38.2. The number of nitrogens with zero attached hydrogens (tertiary/aromatic N) is 2. The summed E-state index contributed by atoms with van der Waals surface area (Å²) in [5.74, 6) is 0. The summed E-state index contributed by atoms with van der Waals surface area (Å²) >= 11 is 0. The van der Waals surface area contributed by atoms with Crippen molar-refractivity contribution in [3.05, 3.63) is 227 Å². The molecular formula is C52H49N3. The molecule has 0 saturated heterocycles. The van der Waals surface area contributed by atoms with Crippen molar-refractivity contribution in [2.45, 2.75) is 41.0 Å². The highest BCUT2D eigenvalue weighted by molar-refractivity contribution is 6.22. The highest BCUT2D eigenvalue weighted by atomic mass is 14.8. The minimum atomic E-state index is 0.661. The van der Waals surface area contributed by atoms with Crippen LogP contribution in [0.1, 0.15) is 67.5 Å². The van der Waals surface area contributed by atoms with E-state index in [4.69, 9.17) is 15.7 Å². The fourth-order valence-corrected chi connectivity index (χ4v) is 6.89. The van der Waals surface area contributed by atoms with Crippen molar-refractivity contribution < 1.29 is 0 Å². The van der Waals surface area contributed by atoms with E-state index >= 15 is 0 Å². The summed E-state index contributed by atoms with van der Waals surface area (Å²) < 4.78 is 0. The van der Waals surface area contributed by atoms with Crippen LogP contribution in [0.15, 0.2) is 203 Å². The van der Waals surface area contributed by atoms with Gasteiger partial charge < -0.3 is 5.73 Å². The van der Waals surface area contributed by atoms with Gasteiger partial charge in [-0.1, -0.05) is 166 Å². The number of rotatable bonds is 11. The van der Waals surface area contributed by atoms with Gasteiger partial charge in [0.25, 0.3) is 0 Å². The zero-order chi connectivity index (χ0) is 38.9. The Morgan fingerprint density at radius 2 is 1.25 bits per heavy atom. The molecule has 0 radical (unpaired) electrons. The molecule has 1 aliphatic carbocycles. The molecule has 5 aromatic rings. The van der Waals surface area contributed by atoms with E-state index in [1.165, 1.54) is 5.57 Å². The van der Waals surface area contributed by atoms with Crippen molar-refractivity contribution in [2.75, 3.05) is 0 Å². The predicted octanol–water partition coefficient (Wildman–Crippen LogP) is 13.2. The largest absolute Gasteiger partial charge is 0.398 e. The van der Waals surface area contributed by atoms with Gasteiger partial charge in [0, 0.05) is 33.5 Å². The zero-order valence-electron chi connectivity index (χ0n) is 32.6. The molecule has 0 atom stereocenters. The first-order valence-electron chi connectivity index (χ1n) is 18.9. The highest BCUT2D eigenvalue weighted by Crippen LogP contribution is 2.34. The topological polar surface area (TPSA) is 50.7 Å². The third-order valence-electron chi connectivity index (χ3n) is 10.1. The maximum absolute atomic E-state index is 6.82. The van der Waals surface area contributed by atoms with Crippen molar-refractivity contribution >= 4 is 34.1 Å². The molecule has 0 aromatic heterocycles. The Morgan fingerprint density at radius 3 is 1.89 bits per heavy atom. The first-order chi connectivity index (χ1) is 26.7. The summed E-state index contributed by atoms with van der Waals surface area (Å²) in [4.78, 5) is 10.4. The van der Waals surface area contributed by atoms with Gasteiger partial charge in [0.05, 0.1) is 22.8 Å². The normalized spacial score (nSPS) is 15.4. The van der Waals surface area contributed by atoms with E-state index in [0.29, 0.717) is 11.4 Å². The standard InChI is InChI=1S/C52H49N3/c1-8-20-49-40(9-2)31-32-48(52(49)55-38(6)41-22-12-10-13-23-41)36(4)43-26-18-28-45(33-43)46-29-19-27-44(34-46)39(7)54-51(42-24-14-11-15-25-42)37(5)50(53)47-30-17-16-21-35(47)3/h8,10-34H,6-7,9,53H2,1-5H3/b20-8-,48-36+,50-37-,54-51?,55-52?. The fraction of sp³-hybridized carbons (Fsp3) is 0.115. The molecule has 0 fully saturated rings. The summed E-state index contributed by atoms with van der Waals surface area (Å²) in [6.07, 6.45) is 9.60. The fourth-order valence-electron chi connectivity index (χ4n) is 6.89. The molecule has 6 rings (SSSR count). The number of hydrogen-bond donors (Lipinski definition) is 1. The quantitative estimate of drug-likeness (QED) is 0.136. The molecule has 2 N–H and O–H groups in total. The maximum Gasteiger partial charge on any atom is 0.0787 e. The van der Waals surface area contributed by atoms with Gasteiger partial charge in [-0.05, 0) is 90.8 Å². The van der Waals surface area contributed by atoms with Crippen molar-refractivity contribution in [1.82, 2.24) is 0 Å². The van der Waals surface area contributed by atoms with Crippen LogP contribution in [0.2, 0.25) is 0 Å². The number of aryl methyl sites for hydroxylation is 1. The second kappa shape index (κ2) is 17.5. The molecule has 0 unspecified atom stereocenters. The Morgan fingerprint density at radius 1 is 0.673 bits per heavy atom. The van der Waals surface area contributed by atoms with Crippen LogP contribution in [-0.2, 0) is 0 Å². The van der Waals surface area contributed by atoms with Gasteiger partial charge in [-0.15, -0.1) is 0 Å². The molecule has 5 aromatic carbocycles. The highest BCUT2D eigenvalue weighted by Gasteiger charge is 2.20. The molecule has 0 aliphatic heterocycles. The summed E-state index contributed by atoms with van der Waals surface area (Å²) in [5.41, 5.74) is 24.5. The third-order valence-corrected chi connectivity index (χ3v) is 10.1. The van der Waals surface area contributed by atoms with E-state index in [9.17, 15) is 0 Å². The van der Waals surface area contributed by atoms with Crippen molar-refractivity contribution in [2.24, 2.45) is 15.7 Å². The monoisotopic (exact) mass is 715 g/mol. The average molecular weight is 716 g/mol. The Hall–Kier alpha value is -6.58. The summed E-state index contributed by atoms with van der Waals surface area (Å²) in [6.45, 7) is 19.4. The molecule has 0 spiro atoms. The molecule has 3 nitrogen and oxygen atoms in total. The molecule has 0 saturated carbocycles. The van der Waals surface area contributed by atoms with Crippen molar-refractivity contribution in [3.8, 4) is 11.1 Å². The first-order valence-corrected chi connectivity index (χ1v) is 18.9. The molecule has 3 heteroatoms. The Balaban J connectivity index is 1.39. The minimum Gasteiger partial charge on any atom is -0.398 e. The molecule has 0 heterocycles. The maximum atomic E-state index is 6.82. The molecule has 1 aliphatic rings. The van der Waals surface area contributed by atoms with E-state index in [-0.39, 0.29) is 0 Å². The van der Waals surface area contributed by atoms with E-state index in [0.717, 1.165) is 90.3 Å². The smallest absolute Gasteiger partial charge is 0.0787 e. The zero-order valence-corrected chi connectivity index (χ0v) is 32.6. The Bertz CT molecular complexity index is 2460. The molecule has 0 bridgehead atoms. The van der Waals surface area contributed by atoms with Gasteiger partial charge in [-0.2, -0.15) is 0 Å². The second-order valence-electron chi connectivity index (χ2n) is 13.7. The van der Waals surface area contributed by atoms with Crippen LogP contribution in [0.25, 0.3) is 33.8 Å². The van der Waals surface area contributed by atoms with Gasteiger partial charge in [0.1, 0.15) is 0 Å². The van der Waals surface area contributed by atoms with E-state index in [2.05, 4.69) is 150 Å². The van der Waals surface area contributed by atoms with Gasteiger partial charge in [-0.25, -0.2) is 9.98 Å². The van der Waals surface area contributed by atoms with Crippen LogP contribution in [0.4, 0.5) is 0 Å². The van der Waals surface area contributed by atoms with Crippen LogP contribution >= 0.6 is 0 Å². The van der Waals surface area contributed by atoms with Crippen molar-refractivity contribution in [3.63, 3.8) is 0 Å². The second-order valence-corrected chi connectivity index (χ2v) is 13.7. The Kier molecular flexibility index (Phi) is 12.1. The van der Waals surface area contributed by atoms with Crippen LogP contribution in [-0.4, -0.2) is 11.4 Å². The lowest BCUT2D eigenvalue weighted by molar-refractivity contribution is 1.13. The minimum absolute atomic E-state index is 0.661.